The molecule has 0 bridgehead atoms. The highest BCUT2D eigenvalue weighted by Gasteiger charge is 2.20. The van der Waals surface area contributed by atoms with Gasteiger partial charge in [-0.25, -0.2) is 0 Å². The van der Waals surface area contributed by atoms with Crippen molar-refractivity contribution in [2.24, 2.45) is 5.41 Å². The van der Waals surface area contributed by atoms with Gasteiger partial charge >= 0.3 is 0 Å². The molecule has 1 aromatic carbocycles. The van der Waals surface area contributed by atoms with Gasteiger partial charge in [-0.1, -0.05) is 38.4 Å². The van der Waals surface area contributed by atoms with Crippen molar-refractivity contribution in [3.05, 3.63) is 34.3 Å². The summed E-state index contributed by atoms with van der Waals surface area (Å²) in [6, 6.07) is 4.92. The minimum Gasteiger partial charge on any atom is -0.352 e. The van der Waals surface area contributed by atoms with Crippen LogP contribution in [-0.4, -0.2) is 11.1 Å². The molecule has 5 heteroatoms. The molecule has 98 valence electrons. The summed E-state index contributed by atoms with van der Waals surface area (Å²) in [5, 5.41) is 2.49. The predicted octanol–water partition coefficient (Wildman–Crippen LogP) is 3.38. The zero-order chi connectivity index (χ0) is 13.9. The first kappa shape index (κ1) is 15.0. The molecule has 1 N–H and O–H groups in total. The number of amides is 1. The van der Waals surface area contributed by atoms with E-state index in [0.29, 0.717) is 11.6 Å². The van der Waals surface area contributed by atoms with Gasteiger partial charge in [0.2, 0.25) is 5.91 Å². The highest BCUT2D eigenvalue weighted by molar-refractivity contribution is 6.68. The number of hydrogen-bond donors (Lipinski definition) is 1. The van der Waals surface area contributed by atoms with Crippen LogP contribution in [0.1, 0.15) is 36.7 Å². The van der Waals surface area contributed by atoms with Crippen molar-refractivity contribution in [3.63, 3.8) is 0 Å². The Morgan fingerprint density at radius 1 is 1.28 bits per heavy atom. The summed E-state index contributed by atoms with van der Waals surface area (Å²) in [5.74, 6) is -0.0591. The lowest BCUT2D eigenvalue weighted by atomic mass is 9.95. The predicted molar refractivity (Wildman–Crippen MR) is 72.9 cm³/mol. The molecule has 1 amide bonds. The van der Waals surface area contributed by atoms with Gasteiger partial charge in [-0.2, -0.15) is 0 Å². The van der Waals surface area contributed by atoms with Gasteiger partial charge in [0.25, 0.3) is 5.24 Å². The zero-order valence-corrected chi connectivity index (χ0v) is 12.0. The van der Waals surface area contributed by atoms with E-state index in [1.54, 1.807) is 18.2 Å². The van der Waals surface area contributed by atoms with Gasteiger partial charge in [-0.3, -0.25) is 9.59 Å². The molecule has 1 aromatic rings. The summed E-state index contributed by atoms with van der Waals surface area (Å²) in [4.78, 5) is 22.8. The lowest BCUT2D eigenvalue weighted by Gasteiger charge is -2.17. The minimum absolute atomic E-state index is 0.0591. The number of halogens is 2. The smallest absolute Gasteiger partial charge is 0.253 e. The largest absolute Gasteiger partial charge is 0.352 e. The summed E-state index contributed by atoms with van der Waals surface area (Å²) in [7, 11) is 0. The van der Waals surface area contributed by atoms with Gasteiger partial charge in [0.15, 0.2) is 0 Å². The maximum absolute atomic E-state index is 11.7. The average Bonchev–Trinajstić information content (AvgIpc) is 2.25. The standard InChI is InChI=1S/C13H15Cl2NO2/c1-13(2,3)12(18)16-7-8-4-5-10(14)9(6-8)11(15)17/h4-6H,7H2,1-3H3,(H,16,18). The van der Waals surface area contributed by atoms with E-state index in [1.165, 1.54) is 0 Å². The second-order valence-electron chi connectivity index (χ2n) is 5.02. The van der Waals surface area contributed by atoms with E-state index in [0.717, 1.165) is 5.56 Å². The van der Waals surface area contributed by atoms with Gasteiger partial charge in [-0.15, -0.1) is 0 Å². The van der Waals surface area contributed by atoms with Crippen molar-refractivity contribution in [3.8, 4) is 0 Å². The van der Waals surface area contributed by atoms with E-state index in [4.69, 9.17) is 23.2 Å². The third kappa shape index (κ3) is 4.00. The summed E-state index contributed by atoms with van der Waals surface area (Å²) >= 11 is 11.2. The molecule has 0 aromatic heterocycles. The van der Waals surface area contributed by atoms with Crippen LogP contribution in [0.5, 0.6) is 0 Å². The maximum Gasteiger partial charge on any atom is 0.253 e. The molecule has 1 rings (SSSR count). The first-order valence-corrected chi connectivity index (χ1v) is 6.24. The Kier molecular flexibility index (Phi) is 4.77. The Morgan fingerprint density at radius 3 is 2.39 bits per heavy atom. The molecule has 0 heterocycles. The lowest BCUT2D eigenvalue weighted by Crippen LogP contribution is -2.34. The first-order valence-electron chi connectivity index (χ1n) is 5.48. The first-order chi connectivity index (χ1) is 8.21. The van der Waals surface area contributed by atoms with Crippen molar-refractivity contribution >= 4 is 34.4 Å². The molecule has 0 aliphatic rings. The molecular formula is C13H15Cl2NO2. The number of hydrogen-bond acceptors (Lipinski definition) is 2. The molecule has 0 aliphatic heterocycles. The van der Waals surface area contributed by atoms with E-state index < -0.39 is 10.7 Å². The minimum atomic E-state index is -0.607. The van der Waals surface area contributed by atoms with Crippen molar-refractivity contribution in [2.45, 2.75) is 27.3 Å². The van der Waals surface area contributed by atoms with E-state index >= 15 is 0 Å². The van der Waals surface area contributed by atoms with Gasteiger partial charge in [0.1, 0.15) is 0 Å². The van der Waals surface area contributed by atoms with Crippen LogP contribution in [0.4, 0.5) is 0 Å². The Labute approximate surface area is 116 Å². The molecule has 0 spiro atoms. The van der Waals surface area contributed by atoms with E-state index in [9.17, 15) is 9.59 Å². The molecule has 0 aliphatic carbocycles. The highest BCUT2D eigenvalue weighted by atomic mass is 35.5. The molecule has 0 saturated heterocycles. The Morgan fingerprint density at radius 2 is 1.89 bits per heavy atom. The maximum atomic E-state index is 11.7. The van der Waals surface area contributed by atoms with Crippen LogP contribution < -0.4 is 5.32 Å². The molecule has 3 nitrogen and oxygen atoms in total. The van der Waals surface area contributed by atoms with Crippen molar-refractivity contribution in [1.82, 2.24) is 5.32 Å². The quantitative estimate of drug-likeness (QED) is 0.867. The Balaban J connectivity index is 2.78. The summed E-state index contributed by atoms with van der Waals surface area (Å²) in [5.41, 5.74) is 0.583. The SMILES string of the molecule is CC(C)(C)C(=O)NCc1ccc(Cl)c(C(=O)Cl)c1. The lowest BCUT2D eigenvalue weighted by molar-refractivity contribution is -0.128. The van der Waals surface area contributed by atoms with Gasteiger partial charge < -0.3 is 5.32 Å². The van der Waals surface area contributed by atoms with Crippen LogP contribution in [0.15, 0.2) is 18.2 Å². The third-order valence-electron chi connectivity index (χ3n) is 2.38. The normalized spacial score (nSPS) is 11.2. The molecule has 0 unspecified atom stereocenters. The van der Waals surface area contributed by atoms with E-state index in [2.05, 4.69) is 5.32 Å². The fourth-order valence-corrected chi connectivity index (χ4v) is 1.69. The zero-order valence-electron chi connectivity index (χ0n) is 10.5. The fourth-order valence-electron chi connectivity index (χ4n) is 1.28. The molecule has 0 fully saturated rings. The molecule has 0 saturated carbocycles. The van der Waals surface area contributed by atoms with Crippen LogP contribution in [0.3, 0.4) is 0 Å². The molecular weight excluding hydrogens is 273 g/mol. The average molecular weight is 288 g/mol. The van der Waals surface area contributed by atoms with E-state index in [1.807, 2.05) is 20.8 Å². The summed E-state index contributed by atoms with van der Waals surface area (Å²) < 4.78 is 0. The van der Waals surface area contributed by atoms with Gasteiger partial charge in [0.05, 0.1) is 10.6 Å². The third-order valence-corrected chi connectivity index (χ3v) is 2.91. The Bertz CT molecular complexity index is 478. The van der Waals surface area contributed by atoms with Crippen LogP contribution in [0.2, 0.25) is 5.02 Å². The van der Waals surface area contributed by atoms with Crippen LogP contribution in [0, 0.1) is 5.41 Å². The number of carbonyl (C=O) groups is 2. The second-order valence-corrected chi connectivity index (χ2v) is 5.77. The van der Waals surface area contributed by atoms with Crippen LogP contribution in [-0.2, 0) is 11.3 Å². The van der Waals surface area contributed by atoms with Crippen molar-refractivity contribution < 1.29 is 9.59 Å². The number of benzene rings is 1. The summed E-state index contributed by atoms with van der Waals surface area (Å²) in [6.07, 6.45) is 0. The van der Waals surface area contributed by atoms with Crippen molar-refractivity contribution in [1.29, 1.82) is 0 Å². The van der Waals surface area contributed by atoms with Crippen LogP contribution >= 0.6 is 23.2 Å². The number of nitrogens with one attached hydrogen (secondary N) is 1. The van der Waals surface area contributed by atoms with Crippen molar-refractivity contribution in [2.75, 3.05) is 0 Å². The highest BCUT2D eigenvalue weighted by Crippen LogP contribution is 2.20. The van der Waals surface area contributed by atoms with Crippen LogP contribution in [0.25, 0.3) is 0 Å². The Hall–Kier alpha value is -1.06. The van der Waals surface area contributed by atoms with Gasteiger partial charge in [-0.05, 0) is 29.3 Å². The summed E-state index contributed by atoms with van der Waals surface area (Å²) in [6.45, 7) is 5.83. The number of rotatable bonds is 3. The molecule has 18 heavy (non-hydrogen) atoms. The second kappa shape index (κ2) is 5.72. The van der Waals surface area contributed by atoms with E-state index in [-0.39, 0.29) is 11.5 Å². The fraction of sp³-hybridized carbons (Fsp3) is 0.385. The number of carbonyl (C=O) groups excluding carboxylic acids is 2. The molecule has 0 atom stereocenters. The monoisotopic (exact) mass is 287 g/mol. The topological polar surface area (TPSA) is 46.2 Å². The molecule has 0 radical (unpaired) electrons. The van der Waals surface area contributed by atoms with Gasteiger partial charge in [0, 0.05) is 12.0 Å².